The quantitative estimate of drug-likeness (QED) is 0.231. The molecule has 2 aliphatic rings. The number of amides is 1. The van der Waals surface area contributed by atoms with Crippen LogP contribution in [0.15, 0.2) is 66.5 Å². The van der Waals surface area contributed by atoms with Gasteiger partial charge in [-0.25, -0.2) is 0 Å². The Bertz CT molecular complexity index is 1420. The largest absolute Gasteiger partial charge is 0.507 e. The van der Waals surface area contributed by atoms with Crippen LogP contribution >= 0.6 is 0 Å². The summed E-state index contributed by atoms with van der Waals surface area (Å²) in [6.45, 7) is 6.99. The van der Waals surface area contributed by atoms with Gasteiger partial charge in [-0.05, 0) is 79.4 Å². The first-order valence-corrected chi connectivity index (χ1v) is 13.3. The second-order valence-corrected chi connectivity index (χ2v) is 9.73. The van der Waals surface area contributed by atoms with E-state index in [1.54, 1.807) is 48.8 Å². The van der Waals surface area contributed by atoms with Crippen molar-refractivity contribution in [3.63, 3.8) is 0 Å². The van der Waals surface area contributed by atoms with Crippen LogP contribution in [0, 0.1) is 0 Å². The van der Waals surface area contributed by atoms with Gasteiger partial charge in [0.15, 0.2) is 11.5 Å². The number of Topliss-reactive ketones (excluding diaryl/α,β-unsaturated/α-hetero) is 1. The van der Waals surface area contributed by atoms with Crippen molar-refractivity contribution >= 4 is 17.4 Å². The Morgan fingerprint density at radius 3 is 2.59 bits per heavy atom. The van der Waals surface area contributed by atoms with Crippen molar-refractivity contribution in [1.82, 2.24) is 9.88 Å². The van der Waals surface area contributed by atoms with E-state index in [0.717, 1.165) is 23.3 Å². The van der Waals surface area contributed by atoms with Crippen LogP contribution in [0.2, 0.25) is 0 Å². The van der Waals surface area contributed by atoms with E-state index in [-0.39, 0.29) is 24.0 Å². The molecule has 2 atom stereocenters. The fraction of sp³-hybridized carbons (Fsp3) is 0.323. The van der Waals surface area contributed by atoms with Crippen molar-refractivity contribution in [2.45, 2.75) is 52.3 Å². The molecule has 8 nitrogen and oxygen atoms in total. The van der Waals surface area contributed by atoms with Crippen LogP contribution in [0.3, 0.4) is 0 Å². The summed E-state index contributed by atoms with van der Waals surface area (Å²) in [6.07, 6.45) is 4.86. The predicted molar refractivity (Wildman–Crippen MR) is 146 cm³/mol. The summed E-state index contributed by atoms with van der Waals surface area (Å²) in [5, 5.41) is 11.5. The number of ether oxygens (including phenoxy) is 3. The van der Waals surface area contributed by atoms with Gasteiger partial charge < -0.3 is 24.2 Å². The summed E-state index contributed by atoms with van der Waals surface area (Å²) >= 11 is 0. The molecule has 202 valence electrons. The Kier molecular flexibility index (Phi) is 7.54. The zero-order valence-corrected chi connectivity index (χ0v) is 22.3. The summed E-state index contributed by atoms with van der Waals surface area (Å²) < 4.78 is 17.5. The number of carbonyl (C=O) groups is 2. The van der Waals surface area contributed by atoms with E-state index in [0.29, 0.717) is 42.3 Å². The number of aliphatic hydroxyl groups excluding tert-OH is 1. The van der Waals surface area contributed by atoms with E-state index >= 15 is 0 Å². The topological polar surface area (TPSA) is 98.2 Å². The van der Waals surface area contributed by atoms with Crippen molar-refractivity contribution in [3.8, 4) is 17.2 Å². The van der Waals surface area contributed by atoms with Crippen molar-refractivity contribution in [2.24, 2.45) is 0 Å². The number of pyridine rings is 1. The number of hydrogen-bond donors (Lipinski definition) is 1. The lowest BCUT2D eigenvalue weighted by Gasteiger charge is -2.26. The average molecular weight is 529 g/mol. The summed E-state index contributed by atoms with van der Waals surface area (Å²) in [4.78, 5) is 32.5. The van der Waals surface area contributed by atoms with E-state index in [2.05, 4.69) is 4.98 Å². The molecule has 1 saturated heterocycles. The Morgan fingerprint density at radius 1 is 1.05 bits per heavy atom. The van der Waals surface area contributed by atoms with Crippen LogP contribution in [0.25, 0.3) is 5.76 Å². The standard InChI is InChI=1S/C31H32N2O6/c1-4-14-38-25-9-6-21(17-26(25)37-5-2)28-27(29(34)22-7-8-24-23(16-22)15-19(3)39-24)30(35)31(36)33(28)18-20-10-12-32-13-11-20/h6-13,16-17,19,28,34H,4-5,14-15,18H2,1-3H3/t19-,28-/m0/s1. The number of rotatable bonds is 9. The van der Waals surface area contributed by atoms with Crippen LogP contribution in [0.5, 0.6) is 17.2 Å². The van der Waals surface area contributed by atoms with Crippen LogP contribution < -0.4 is 14.2 Å². The molecule has 0 aliphatic carbocycles. The van der Waals surface area contributed by atoms with Crippen LogP contribution in [-0.4, -0.2) is 46.0 Å². The lowest BCUT2D eigenvalue weighted by Crippen LogP contribution is -2.29. The second kappa shape index (κ2) is 11.2. The first-order valence-electron chi connectivity index (χ1n) is 13.3. The molecule has 3 heterocycles. The molecule has 8 heteroatoms. The van der Waals surface area contributed by atoms with E-state index < -0.39 is 17.7 Å². The minimum Gasteiger partial charge on any atom is -0.507 e. The van der Waals surface area contributed by atoms with E-state index in [4.69, 9.17) is 14.2 Å². The molecular weight excluding hydrogens is 496 g/mol. The Balaban J connectivity index is 1.63. The summed E-state index contributed by atoms with van der Waals surface area (Å²) in [5.74, 6) is 0.226. The molecule has 1 fully saturated rings. The number of likely N-dealkylation sites (tertiary alicyclic amines) is 1. The molecule has 39 heavy (non-hydrogen) atoms. The SMILES string of the molecule is CCCOc1ccc([C@H]2C(=C(O)c3ccc4c(c3)C[C@H](C)O4)C(=O)C(=O)N2Cc2ccncc2)cc1OCC. The van der Waals surface area contributed by atoms with E-state index in [1.807, 2.05) is 32.9 Å². The maximum atomic E-state index is 13.5. The molecule has 1 aromatic heterocycles. The maximum Gasteiger partial charge on any atom is 0.295 e. The van der Waals surface area contributed by atoms with Gasteiger partial charge >= 0.3 is 0 Å². The summed E-state index contributed by atoms with van der Waals surface area (Å²) in [5.41, 5.74) is 2.89. The molecule has 0 saturated carbocycles. The number of benzene rings is 2. The van der Waals surface area contributed by atoms with Gasteiger partial charge in [-0.2, -0.15) is 0 Å². The number of hydrogen-bond acceptors (Lipinski definition) is 7. The van der Waals surface area contributed by atoms with Crippen LogP contribution in [0.4, 0.5) is 0 Å². The molecule has 0 bridgehead atoms. The third kappa shape index (κ3) is 5.19. The lowest BCUT2D eigenvalue weighted by molar-refractivity contribution is -0.140. The zero-order valence-electron chi connectivity index (χ0n) is 22.3. The molecule has 0 spiro atoms. The average Bonchev–Trinajstić information content (AvgIpc) is 3.43. The monoisotopic (exact) mass is 528 g/mol. The maximum absolute atomic E-state index is 13.5. The molecule has 1 N–H and O–H groups in total. The van der Waals surface area contributed by atoms with Gasteiger partial charge in [0.25, 0.3) is 11.7 Å². The normalized spacial score (nSPS) is 19.6. The van der Waals surface area contributed by atoms with Gasteiger partial charge in [0.2, 0.25) is 0 Å². The van der Waals surface area contributed by atoms with Gasteiger partial charge in [0, 0.05) is 30.9 Å². The number of carbonyl (C=O) groups excluding carboxylic acids is 2. The number of fused-ring (bicyclic) bond motifs is 1. The van der Waals surface area contributed by atoms with Gasteiger partial charge in [-0.15, -0.1) is 0 Å². The predicted octanol–water partition coefficient (Wildman–Crippen LogP) is 5.21. The van der Waals surface area contributed by atoms with E-state index in [1.165, 1.54) is 4.90 Å². The smallest absolute Gasteiger partial charge is 0.295 e. The number of aromatic nitrogens is 1. The zero-order chi connectivity index (χ0) is 27.5. The number of nitrogens with zero attached hydrogens (tertiary/aromatic N) is 2. The second-order valence-electron chi connectivity index (χ2n) is 9.73. The molecule has 0 radical (unpaired) electrons. The first-order chi connectivity index (χ1) is 18.9. The third-order valence-electron chi connectivity index (χ3n) is 6.86. The fourth-order valence-corrected chi connectivity index (χ4v) is 5.09. The fourth-order valence-electron chi connectivity index (χ4n) is 5.09. The molecule has 0 unspecified atom stereocenters. The van der Waals surface area contributed by atoms with Gasteiger partial charge in [0.05, 0.1) is 24.8 Å². The minimum atomic E-state index is -0.832. The van der Waals surface area contributed by atoms with Crippen LogP contribution in [0.1, 0.15) is 55.5 Å². The van der Waals surface area contributed by atoms with Crippen molar-refractivity contribution in [2.75, 3.05) is 13.2 Å². The highest BCUT2D eigenvalue weighted by Gasteiger charge is 2.46. The number of aliphatic hydroxyl groups is 1. The van der Waals surface area contributed by atoms with Crippen LogP contribution in [-0.2, 0) is 22.6 Å². The van der Waals surface area contributed by atoms with E-state index in [9.17, 15) is 14.7 Å². The van der Waals surface area contributed by atoms with Gasteiger partial charge in [-0.1, -0.05) is 13.0 Å². The minimum absolute atomic E-state index is 0.0330. The van der Waals surface area contributed by atoms with Crippen molar-refractivity contribution in [3.05, 3.63) is 88.8 Å². The Hall–Kier alpha value is -4.33. The highest BCUT2D eigenvalue weighted by molar-refractivity contribution is 6.46. The van der Waals surface area contributed by atoms with Crippen molar-refractivity contribution in [1.29, 1.82) is 0 Å². The summed E-state index contributed by atoms with van der Waals surface area (Å²) in [6, 6.07) is 13.5. The van der Waals surface area contributed by atoms with Crippen molar-refractivity contribution < 1.29 is 28.9 Å². The Labute approximate surface area is 227 Å². The summed E-state index contributed by atoms with van der Waals surface area (Å²) in [7, 11) is 0. The molecule has 3 aromatic rings. The molecule has 2 aromatic carbocycles. The molecule has 5 rings (SSSR count). The van der Waals surface area contributed by atoms with Gasteiger partial charge in [0.1, 0.15) is 17.6 Å². The third-order valence-corrected chi connectivity index (χ3v) is 6.86. The van der Waals surface area contributed by atoms with Gasteiger partial charge in [-0.3, -0.25) is 14.6 Å². The Morgan fingerprint density at radius 2 is 1.85 bits per heavy atom. The number of ketones is 1. The molecular formula is C31H32N2O6. The highest BCUT2D eigenvalue weighted by Crippen LogP contribution is 2.43. The lowest BCUT2D eigenvalue weighted by atomic mass is 9.94. The molecule has 2 aliphatic heterocycles. The molecule has 1 amide bonds. The first kappa shape index (κ1) is 26.3. The highest BCUT2D eigenvalue weighted by atomic mass is 16.5.